The minimum absolute atomic E-state index is 0.0579. The maximum absolute atomic E-state index is 12.0. The van der Waals surface area contributed by atoms with E-state index in [9.17, 15) is 9.90 Å². The molecule has 0 bridgehead atoms. The van der Waals surface area contributed by atoms with Crippen molar-refractivity contribution in [1.82, 2.24) is 15.5 Å². The number of methoxy groups -OCH3 is 1. The number of rotatable bonds is 7. The van der Waals surface area contributed by atoms with Crippen LogP contribution in [0.5, 0.6) is 11.5 Å². The lowest BCUT2D eigenvalue weighted by Crippen LogP contribution is -2.40. The van der Waals surface area contributed by atoms with Gasteiger partial charge < -0.3 is 25.4 Å². The third kappa shape index (κ3) is 4.87. The van der Waals surface area contributed by atoms with Crippen LogP contribution in [0.4, 0.5) is 4.79 Å². The predicted octanol–water partition coefficient (Wildman–Crippen LogP) is 2.56. The minimum Gasteiger partial charge on any atom is -0.504 e. The Morgan fingerprint density at radius 1 is 1.33 bits per heavy atom. The van der Waals surface area contributed by atoms with E-state index in [0.717, 1.165) is 5.56 Å². The van der Waals surface area contributed by atoms with Crippen LogP contribution in [0.2, 0.25) is 0 Å². The molecule has 0 aliphatic carbocycles. The highest BCUT2D eigenvalue weighted by atomic mass is 32.1. The molecule has 0 aliphatic rings. The molecule has 0 aliphatic heterocycles. The van der Waals surface area contributed by atoms with Crippen molar-refractivity contribution in [1.29, 1.82) is 0 Å². The molecule has 7 heteroatoms. The van der Waals surface area contributed by atoms with E-state index in [1.165, 1.54) is 12.0 Å². The van der Waals surface area contributed by atoms with Crippen LogP contribution in [0, 0.1) is 0 Å². The van der Waals surface area contributed by atoms with Crippen molar-refractivity contribution in [3.05, 3.63) is 46.2 Å². The first-order chi connectivity index (χ1) is 11.5. The van der Waals surface area contributed by atoms with Crippen LogP contribution in [-0.4, -0.2) is 43.8 Å². The molecule has 3 N–H and O–H groups in total. The van der Waals surface area contributed by atoms with E-state index in [1.54, 1.807) is 29.5 Å². The topological polar surface area (TPSA) is 73.8 Å². The summed E-state index contributed by atoms with van der Waals surface area (Å²) >= 11 is 1.67. The fraction of sp³-hybridized carbons (Fsp3) is 0.353. The number of nitrogens with zero attached hydrogens (tertiary/aromatic N) is 1. The number of amides is 2. The summed E-state index contributed by atoms with van der Waals surface area (Å²) < 4.78 is 4.99. The molecule has 2 amide bonds. The van der Waals surface area contributed by atoms with Gasteiger partial charge in [0.25, 0.3) is 0 Å². The molecule has 24 heavy (non-hydrogen) atoms. The molecule has 0 unspecified atom stereocenters. The van der Waals surface area contributed by atoms with E-state index in [0.29, 0.717) is 18.8 Å². The molecule has 0 fully saturated rings. The molecular formula is C17H23N3O3S. The first-order valence-electron chi connectivity index (χ1n) is 7.58. The van der Waals surface area contributed by atoms with Gasteiger partial charge in [0.2, 0.25) is 0 Å². The highest BCUT2D eigenvalue weighted by molar-refractivity contribution is 7.10. The van der Waals surface area contributed by atoms with Gasteiger partial charge in [-0.2, -0.15) is 0 Å². The summed E-state index contributed by atoms with van der Waals surface area (Å²) in [7, 11) is 5.48. The number of carbonyl (C=O) groups is 1. The first kappa shape index (κ1) is 18.1. The standard InChI is InChI=1S/C17H23N3O3S/c1-20(2)13(16-5-4-8-24-16)11-19-17(22)18-10-12-6-7-15(23-3)14(21)9-12/h4-9,13,21H,10-11H2,1-3H3,(H2,18,19,22)/t13-/m0/s1. The number of likely N-dealkylation sites (N-methyl/N-ethyl adjacent to an activating group) is 1. The van der Waals surface area contributed by atoms with Gasteiger partial charge in [0.05, 0.1) is 13.2 Å². The fourth-order valence-electron chi connectivity index (χ4n) is 2.30. The average molecular weight is 349 g/mol. The van der Waals surface area contributed by atoms with E-state index in [2.05, 4.69) is 21.6 Å². The van der Waals surface area contributed by atoms with Crippen molar-refractivity contribution in [2.75, 3.05) is 27.7 Å². The van der Waals surface area contributed by atoms with Gasteiger partial charge in [0.1, 0.15) is 0 Å². The largest absolute Gasteiger partial charge is 0.504 e. The van der Waals surface area contributed by atoms with Crippen LogP contribution in [0.15, 0.2) is 35.7 Å². The summed E-state index contributed by atoms with van der Waals surface area (Å²) in [5.74, 6) is 0.468. The minimum atomic E-state index is -0.242. The smallest absolute Gasteiger partial charge is 0.315 e. The second-order valence-corrected chi connectivity index (χ2v) is 6.54. The first-order valence-corrected chi connectivity index (χ1v) is 8.46. The lowest BCUT2D eigenvalue weighted by Gasteiger charge is -2.23. The van der Waals surface area contributed by atoms with Gasteiger partial charge in [-0.1, -0.05) is 12.1 Å². The summed E-state index contributed by atoms with van der Waals surface area (Å²) in [6, 6.07) is 9.01. The Labute approximate surface area is 146 Å². The van der Waals surface area contributed by atoms with Crippen molar-refractivity contribution in [3.63, 3.8) is 0 Å². The molecule has 2 rings (SSSR count). The lowest BCUT2D eigenvalue weighted by molar-refractivity contribution is 0.233. The number of carbonyl (C=O) groups excluding carboxylic acids is 1. The van der Waals surface area contributed by atoms with Crippen LogP contribution in [0.25, 0.3) is 0 Å². The number of phenolic OH excluding ortho intramolecular Hbond substituents is 1. The molecule has 1 heterocycles. The van der Waals surface area contributed by atoms with Crippen LogP contribution >= 0.6 is 11.3 Å². The fourth-order valence-corrected chi connectivity index (χ4v) is 3.22. The second kappa shape index (κ2) is 8.56. The monoisotopic (exact) mass is 349 g/mol. The highest BCUT2D eigenvalue weighted by Gasteiger charge is 2.16. The number of aromatic hydroxyl groups is 1. The van der Waals surface area contributed by atoms with E-state index < -0.39 is 0 Å². The molecule has 1 atom stereocenters. The zero-order valence-corrected chi connectivity index (χ0v) is 14.9. The number of hydrogen-bond acceptors (Lipinski definition) is 5. The Bertz CT molecular complexity index is 659. The Morgan fingerprint density at radius 3 is 2.71 bits per heavy atom. The second-order valence-electron chi connectivity index (χ2n) is 5.56. The maximum atomic E-state index is 12.0. The van der Waals surface area contributed by atoms with Gasteiger partial charge in [-0.05, 0) is 43.2 Å². The molecule has 1 aromatic carbocycles. The van der Waals surface area contributed by atoms with E-state index in [4.69, 9.17) is 4.74 Å². The summed E-state index contributed by atoms with van der Waals surface area (Å²) in [4.78, 5) is 15.3. The molecule has 130 valence electrons. The molecule has 0 spiro atoms. The molecular weight excluding hydrogens is 326 g/mol. The molecule has 0 saturated heterocycles. The third-order valence-electron chi connectivity index (χ3n) is 3.65. The number of benzene rings is 1. The lowest BCUT2D eigenvalue weighted by atomic mass is 10.2. The summed E-state index contributed by atoms with van der Waals surface area (Å²) in [5.41, 5.74) is 0.797. The third-order valence-corrected chi connectivity index (χ3v) is 4.62. The molecule has 6 nitrogen and oxygen atoms in total. The van der Waals surface area contributed by atoms with Gasteiger partial charge in [-0.15, -0.1) is 11.3 Å². The van der Waals surface area contributed by atoms with Crippen molar-refractivity contribution in [2.24, 2.45) is 0 Å². The number of thiophene rings is 1. The molecule has 0 radical (unpaired) electrons. The van der Waals surface area contributed by atoms with Gasteiger partial charge in [0.15, 0.2) is 11.5 Å². The predicted molar refractivity (Wildman–Crippen MR) is 95.6 cm³/mol. The highest BCUT2D eigenvalue weighted by Crippen LogP contribution is 2.26. The number of nitrogens with one attached hydrogen (secondary N) is 2. The molecule has 0 saturated carbocycles. The van der Waals surface area contributed by atoms with Crippen LogP contribution in [0.1, 0.15) is 16.5 Å². The van der Waals surface area contributed by atoms with Gasteiger partial charge in [-0.3, -0.25) is 0 Å². The number of ether oxygens (including phenoxy) is 1. The van der Waals surface area contributed by atoms with Crippen molar-refractivity contribution >= 4 is 17.4 Å². The van der Waals surface area contributed by atoms with Crippen molar-refractivity contribution in [3.8, 4) is 11.5 Å². The summed E-state index contributed by atoms with van der Waals surface area (Å²) in [6.45, 7) is 0.849. The van der Waals surface area contributed by atoms with Gasteiger partial charge in [0, 0.05) is 18.0 Å². The zero-order valence-electron chi connectivity index (χ0n) is 14.1. The Hall–Kier alpha value is -2.25. The molecule has 1 aromatic heterocycles. The van der Waals surface area contributed by atoms with Crippen LogP contribution < -0.4 is 15.4 Å². The Morgan fingerprint density at radius 2 is 2.12 bits per heavy atom. The maximum Gasteiger partial charge on any atom is 0.315 e. The van der Waals surface area contributed by atoms with E-state index in [-0.39, 0.29) is 17.8 Å². The Balaban J connectivity index is 1.83. The number of hydrogen-bond donors (Lipinski definition) is 3. The number of phenols is 1. The van der Waals surface area contributed by atoms with Crippen LogP contribution in [0.3, 0.4) is 0 Å². The normalized spacial score (nSPS) is 12.0. The summed E-state index contributed by atoms with van der Waals surface area (Å²) in [6.07, 6.45) is 0. The van der Waals surface area contributed by atoms with Crippen LogP contribution in [-0.2, 0) is 6.54 Å². The average Bonchev–Trinajstić information content (AvgIpc) is 3.07. The van der Waals surface area contributed by atoms with Crippen molar-refractivity contribution < 1.29 is 14.6 Å². The quantitative estimate of drug-likeness (QED) is 0.718. The van der Waals surface area contributed by atoms with E-state index in [1.807, 2.05) is 25.5 Å². The number of urea groups is 1. The van der Waals surface area contributed by atoms with Gasteiger partial charge >= 0.3 is 6.03 Å². The SMILES string of the molecule is COc1ccc(CNC(=O)NC[C@@H](c2cccs2)N(C)C)cc1O. The zero-order chi connectivity index (χ0) is 17.5. The summed E-state index contributed by atoms with van der Waals surface area (Å²) in [5, 5.41) is 17.4. The van der Waals surface area contributed by atoms with Gasteiger partial charge in [-0.25, -0.2) is 4.79 Å². The Kier molecular flexibility index (Phi) is 6.45. The van der Waals surface area contributed by atoms with E-state index >= 15 is 0 Å². The van der Waals surface area contributed by atoms with Crippen molar-refractivity contribution in [2.45, 2.75) is 12.6 Å². The molecule has 2 aromatic rings.